The van der Waals surface area contributed by atoms with E-state index in [0.29, 0.717) is 0 Å². The molecule has 1 atom stereocenters. The third-order valence-electron chi connectivity index (χ3n) is 2.88. The Balaban J connectivity index is 2.69. The van der Waals surface area contributed by atoms with Gasteiger partial charge in [0.1, 0.15) is 11.6 Å². The Morgan fingerprint density at radius 1 is 1.11 bits per heavy atom. The Hall–Kier alpha value is -2.14. The number of carbonyl (C=O) groups excluding carboxylic acids is 2. The van der Waals surface area contributed by atoms with Crippen LogP contribution in [0.5, 0.6) is 0 Å². The van der Waals surface area contributed by atoms with Crippen LogP contribution < -0.4 is 0 Å². The van der Waals surface area contributed by atoms with E-state index < -0.39 is 5.92 Å². The summed E-state index contributed by atoms with van der Waals surface area (Å²) in [7, 11) is 0. The Labute approximate surface area is 114 Å². The fourth-order valence-electron chi connectivity index (χ4n) is 1.98. The first-order valence-electron chi connectivity index (χ1n) is 6.26. The first kappa shape index (κ1) is 14.9. The lowest BCUT2D eigenvalue weighted by Crippen LogP contribution is -2.25. The van der Waals surface area contributed by atoms with Crippen molar-refractivity contribution in [2.24, 2.45) is 11.8 Å². The lowest BCUT2D eigenvalue weighted by atomic mass is 9.87. The molecule has 0 bridgehead atoms. The first-order chi connectivity index (χ1) is 9.02. The maximum atomic E-state index is 11.4. The molecule has 0 aliphatic rings. The number of carbonyl (C=O) groups is 2. The second kappa shape index (κ2) is 7.33. The molecule has 0 saturated heterocycles. The van der Waals surface area contributed by atoms with Crippen molar-refractivity contribution < 1.29 is 9.59 Å². The normalized spacial score (nSPS) is 12.0. The summed E-state index contributed by atoms with van der Waals surface area (Å²) >= 11 is 0. The van der Waals surface area contributed by atoms with Crippen LogP contribution in [0.3, 0.4) is 0 Å². The lowest BCUT2D eigenvalue weighted by Gasteiger charge is -2.14. The molecule has 0 heterocycles. The van der Waals surface area contributed by atoms with Gasteiger partial charge in [-0.25, -0.2) is 0 Å². The molecule has 0 aromatic heterocycles. The minimum Gasteiger partial charge on any atom is -0.299 e. The van der Waals surface area contributed by atoms with Gasteiger partial charge < -0.3 is 0 Å². The summed E-state index contributed by atoms with van der Waals surface area (Å²) in [5.74, 6) is 5.02. The first-order valence-corrected chi connectivity index (χ1v) is 6.26. The van der Waals surface area contributed by atoms with Gasteiger partial charge in [0.15, 0.2) is 0 Å². The predicted octanol–water partition coefficient (Wildman–Crippen LogP) is 3.02. The van der Waals surface area contributed by atoms with E-state index >= 15 is 0 Å². The van der Waals surface area contributed by atoms with Crippen LogP contribution in [0.15, 0.2) is 42.5 Å². The zero-order valence-corrected chi connectivity index (χ0v) is 11.5. The quantitative estimate of drug-likeness (QED) is 0.611. The Bertz CT molecular complexity index is 515. The number of hydrogen-bond acceptors (Lipinski definition) is 2. The summed E-state index contributed by atoms with van der Waals surface area (Å²) in [6.45, 7) is 4.76. The van der Waals surface area contributed by atoms with Crippen molar-refractivity contribution in [3.05, 3.63) is 48.0 Å². The number of hydrogen-bond donors (Lipinski definition) is 0. The van der Waals surface area contributed by atoms with Gasteiger partial charge in [-0.1, -0.05) is 43.0 Å². The van der Waals surface area contributed by atoms with E-state index in [-0.39, 0.29) is 17.5 Å². The highest BCUT2D eigenvalue weighted by Crippen LogP contribution is 2.15. The molecule has 0 saturated carbocycles. The van der Waals surface area contributed by atoms with Gasteiger partial charge in [0, 0.05) is 5.56 Å². The van der Waals surface area contributed by atoms with Gasteiger partial charge >= 0.3 is 0 Å². The van der Waals surface area contributed by atoms with Crippen molar-refractivity contribution >= 4 is 11.6 Å². The second-order valence-corrected chi connectivity index (χ2v) is 4.55. The molecule has 0 N–H and O–H groups in total. The van der Waals surface area contributed by atoms with Crippen LogP contribution in [0, 0.1) is 23.7 Å². The van der Waals surface area contributed by atoms with E-state index in [2.05, 4.69) is 11.8 Å². The molecular formula is C17H18O2. The molecule has 0 aliphatic carbocycles. The fraction of sp³-hybridized carbons (Fsp3) is 0.294. The standard InChI is InChI=1S/C17H18O2/c1-13(17(14(2)18)15(3)19)9-7-8-12-16-10-5-4-6-11-16/h4-7,9-11,13,17H,1-3H3/b9-7+. The summed E-state index contributed by atoms with van der Waals surface area (Å²) in [4.78, 5) is 22.8. The minimum absolute atomic E-state index is 0.0966. The zero-order valence-electron chi connectivity index (χ0n) is 11.5. The molecule has 1 unspecified atom stereocenters. The maximum Gasteiger partial charge on any atom is 0.140 e. The third-order valence-corrected chi connectivity index (χ3v) is 2.88. The van der Waals surface area contributed by atoms with E-state index in [0.717, 1.165) is 5.56 Å². The van der Waals surface area contributed by atoms with E-state index in [9.17, 15) is 9.59 Å². The zero-order chi connectivity index (χ0) is 14.3. The summed E-state index contributed by atoms with van der Waals surface area (Å²) in [6.07, 6.45) is 3.51. The highest BCUT2D eigenvalue weighted by molar-refractivity contribution is 6.00. The molecule has 19 heavy (non-hydrogen) atoms. The molecule has 1 aromatic rings. The molecule has 1 aromatic carbocycles. The Morgan fingerprint density at radius 2 is 1.68 bits per heavy atom. The summed E-state index contributed by atoms with van der Waals surface area (Å²) < 4.78 is 0. The second-order valence-electron chi connectivity index (χ2n) is 4.55. The van der Waals surface area contributed by atoms with E-state index in [4.69, 9.17) is 0 Å². The Morgan fingerprint density at radius 3 is 2.21 bits per heavy atom. The van der Waals surface area contributed by atoms with Gasteiger partial charge in [0.25, 0.3) is 0 Å². The van der Waals surface area contributed by atoms with Crippen LogP contribution in [0.2, 0.25) is 0 Å². The number of allylic oxidation sites excluding steroid dienone is 2. The topological polar surface area (TPSA) is 34.1 Å². The number of rotatable bonds is 4. The molecule has 2 heteroatoms. The Kier molecular flexibility index (Phi) is 5.75. The molecule has 0 spiro atoms. The smallest absolute Gasteiger partial charge is 0.140 e. The van der Waals surface area contributed by atoms with Crippen molar-refractivity contribution in [2.75, 3.05) is 0 Å². The molecule has 0 radical (unpaired) electrons. The van der Waals surface area contributed by atoms with Crippen LogP contribution in [-0.4, -0.2) is 11.6 Å². The van der Waals surface area contributed by atoms with Crippen molar-refractivity contribution in [1.82, 2.24) is 0 Å². The van der Waals surface area contributed by atoms with Crippen LogP contribution >= 0.6 is 0 Å². The molecule has 0 aliphatic heterocycles. The van der Waals surface area contributed by atoms with E-state index in [1.807, 2.05) is 43.3 Å². The largest absolute Gasteiger partial charge is 0.299 e. The SMILES string of the molecule is CC(=O)C(C(C)=O)C(C)/C=C/C#Cc1ccccc1. The van der Waals surface area contributed by atoms with Crippen LogP contribution in [0.1, 0.15) is 26.3 Å². The van der Waals surface area contributed by atoms with Crippen LogP contribution in [0.25, 0.3) is 0 Å². The van der Waals surface area contributed by atoms with Crippen molar-refractivity contribution in [2.45, 2.75) is 20.8 Å². The van der Waals surface area contributed by atoms with Crippen molar-refractivity contribution in [3.63, 3.8) is 0 Å². The number of benzene rings is 1. The van der Waals surface area contributed by atoms with E-state index in [1.54, 1.807) is 6.08 Å². The van der Waals surface area contributed by atoms with Gasteiger partial charge in [-0.3, -0.25) is 9.59 Å². The highest BCUT2D eigenvalue weighted by Gasteiger charge is 2.24. The average Bonchev–Trinajstić information content (AvgIpc) is 2.35. The number of ketones is 2. The van der Waals surface area contributed by atoms with Crippen molar-refractivity contribution in [1.29, 1.82) is 0 Å². The maximum absolute atomic E-state index is 11.4. The summed E-state index contributed by atoms with van der Waals surface area (Å²) in [5.41, 5.74) is 0.939. The minimum atomic E-state index is -0.560. The molecule has 2 nitrogen and oxygen atoms in total. The highest BCUT2D eigenvalue weighted by atomic mass is 16.1. The lowest BCUT2D eigenvalue weighted by molar-refractivity contribution is -0.131. The van der Waals surface area contributed by atoms with Crippen molar-refractivity contribution in [3.8, 4) is 11.8 Å². The van der Waals surface area contributed by atoms with Gasteiger partial charge in [-0.15, -0.1) is 0 Å². The van der Waals surface area contributed by atoms with E-state index in [1.165, 1.54) is 13.8 Å². The molecule has 0 fully saturated rings. The molecule has 1 rings (SSSR count). The summed E-state index contributed by atoms with van der Waals surface area (Å²) in [5, 5.41) is 0. The fourth-order valence-corrected chi connectivity index (χ4v) is 1.98. The monoisotopic (exact) mass is 254 g/mol. The van der Waals surface area contributed by atoms with Gasteiger partial charge in [0.2, 0.25) is 0 Å². The summed E-state index contributed by atoms with van der Waals surface area (Å²) in [6, 6.07) is 9.65. The molecular weight excluding hydrogens is 236 g/mol. The third kappa shape index (κ3) is 4.93. The molecule has 98 valence electrons. The van der Waals surface area contributed by atoms with Gasteiger partial charge in [-0.2, -0.15) is 0 Å². The molecule has 0 amide bonds. The van der Waals surface area contributed by atoms with Gasteiger partial charge in [0.05, 0.1) is 5.92 Å². The average molecular weight is 254 g/mol. The van der Waals surface area contributed by atoms with Crippen LogP contribution in [-0.2, 0) is 9.59 Å². The number of Topliss-reactive ketones (excluding diaryl/α,β-unsaturated/α-hetero) is 2. The predicted molar refractivity (Wildman–Crippen MR) is 76.5 cm³/mol. The van der Waals surface area contributed by atoms with Crippen LogP contribution in [0.4, 0.5) is 0 Å². The van der Waals surface area contributed by atoms with Gasteiger partial charge in [-0.05, 0) is 38.0 Å².